The minimum Gasteiger partial charge on any atom is -0.449 e. The van der Waals surface area contributed by atoms with Gasteiger partial charge in [0.1, 0.15) is 5.82 Å². The van der Waals surface area contributed by atoms with Crippen LogP contribution in [0.2, 0.25) is 0 Å². The molecule has 1 aliphatic heterocycles. The average molecular weight is 466 g/mol. The molecule has 0 atom stereocenters. The Hall–Kier alpha value is -4.08. The van der Waals surface area contributed by atoms with Gasteiger partial charge < -0.3 is 29.5 Å². The molecule has 1 aromatic heterocycles. The number of halogens is 1. The highest BCUT2D eigenvalue weighted by Crippen LogP contribution is 2.39. The van der Waals surface area contributed by atoms with E-state index in [0.29, 0.717) is 43.1 Å². The number of nitrogens with zero attached hydrogens (tertiary/aromatic N) is 3. The van der Waals surface area contributed by atoms with Crippen molar-refractivity contribution in [2.45, 2.75) is 18.9 Å². The van der Waals surface area contributed by atoms with Crippen LogP contribution in [0.5, 0.6) is 5.75 Å². The number of pyridine rings is 1. The summed E-state index contributed by atoms with van der Waals surface area (Å²) in [4.78, 5) is 39.8. The summed E-state index contributed by atoms with van der Waals surface area (Å²) in [5.41, 5.74) is 0.921. The van der Waals surface area contributed by atoms with Crippen molar-refractivity contribution in [3.05, 3.63) is 64.7 Å². The molecule has 2 aromatic carbocycles. The molecular weight excluding hydrogens is 443 g/mol. The van der Waals surface area contributed by atoms with Gasteiger partial charge in [-0.05, 0) is 37.1 Å². The SMILES string of the molecule is O=C(O)Oc1cn(C2CC2)c2cc(N3CCN(C(=O)Nc4ccccc4)CC3)c(F)cc2c1=O. The second kappa shape index (κ2) is 8.69. The minimum atomic E-state index is -1.59. The molecule has 10 heteroatoms. The van der Waals surface area contributed by atoms with E-state index in [0.717, 1.165) is 18.9 Å². The lowest BCUT2D eigenvalue weighted by molar-refractivity contribution is 0.143. The molecule has 0 spiro atoms. The summed E-state index contributed by atoms with van der Waals surface area (Å²) in [5, 5.41) is 11.9. The maximum atomic E-state index is 15.1. The molecule has 176 valence electrons. The van der Waals surface area contributed by atoms with Gasteiger partial charge in [-0.25, -0.2) is 14.0 Å². The molecule has 2 aliphatic rings. The number of anilines is 2. The summed E-state index contributed by atoms with van der Waals surface area (Å²) < 4.78 is 21.6. The number of benzene rings is 2. The first kappa shape index (κ1) is 21.7. The van der Waals surface area contributed by atoms with Crippen LogP contribution in [-0.4, -0.2) is 52.9 Å². The van der Waals surface area contributed by atoms with Crippen molar-refractivity contribution in [2.75, 3.05) is 36.4 Å². The van der Waals surface area contributed by atoms with Crippen molar-refractivity contribution < 1.29 is 23.8 Å². The molecule has 1 saturated carbocycles. The number of nitrogens with one attached hydrogen (secondary N) is 1. The van der Waals surface area contributed by atoms with E-state index in [1.54, 1.807) is 15.5 Å². The first-order valence-electron chi connectivity index (χ1n) is 11.1. The van der Waals surface area contributed by atoms with Gasteiger partial charge in [0.15, 0.2) is 5.75 Å². The van der Waals surface area contributed by atoms with Gasteiger partial charge in [-0.1, -0.05) is 18.2 Å². The third-order valence-electron chi connectivity index (χ3n) is 6.14. The van der Waals surface area contributed by atoms with Crippen LogP contribution in [0.3, 0.4) is 0 Å². The Morgan fingerprint density at radius 2 is 1.76 bits per heavy atom. The second-order valence-corrected chi connectivity index (χ2v) is 8.42. The Morgan fingerprint density at radius 1 is 1.06 bits per heavy atom. The molecule has 0 radical (unpaired) electrons. The number of hydrogen-bond acceptors (Lipinski definition) is 5. The monoisotopic (exact) mass is 466 g/mol. The van der Waals surface area contributed by atoms with Gasteiger partial charge in [-0.15, -0.1) is 0 Å². The molecule has 2 amide bonds. The lowest BCUT2D eigenvalue weighted by atomic mass is 10.1. The first-order valence-corrected chi connectivity index (χ1v) is 11.1. The minimum absolute atomic E-state index is 0.0766. The van der Waals surface area contributed by atoms with Crippen molar-refractivity contribution in [3.63, 3.8) is 0 Å². The van der Waals surface area contributed by atoms with Gasteiger partial charge in [0.05, 0.1) is 22.8 Å². The quantitative estimate of drug-likeness (QED) is 0.566. The zero-order chi connectivity index (χ0) is 23.8. The van der Waals surface area contributed by atoms with Crippen LogP contribution in [0.15, 0.2) is 53.5 Å². The number of amides is 2. The Balaban J connectivity index is 1.39. The summed E-state index contributed by atoms with van der Waals surface area (Å²) in [7, 11) is 0. The second-order valence-electron chi connectivity index (χ2n) is 8.42. The zero-order valence-electron chi connectivity index (χ0n) is 18.2. The van der Waals surface area contributed by atoms with E-state index in [9.17, 15) is 14.4 Å². The van der Waals surface area contributed by atoms with Crippen LogP contribution in [0, 0.1) is 5.82 Å². The van der Waals surface area contributed by atoms with E-state index >= 15 is 4.39 Å². The fourth-order valence-corrected chi connectivity index (χ4v) is 4.27. The molecule has 2 N–H and O–H groups in total. The number of hydrogen-bond donors (Lipinski definition) is 2. The van der Waals surface area contributed by atoms with Crippen LogP contribution >= 0.6 is 0 Å². The fourth-order valence-electron chi connectivity index (χ4n) is 4.27. The number of fused-ring (bicyclic) bond motifs is 1. The Morgan fingerprint density at radius 3 is 2.41 bits per heavy atom. The number of urea groups is 1. The Labute approximate surface area is 194 Å². The third kappa shape index (κ3) is 4.26. The number of para-hydroxylation sites is 1. The molecule has 1 saturated heterocycles. The number of rotatable bonds is 4. The van der Waals surface area contributed by atoms with E-state index < -0.39 is 17.4 Å². The van der Waals surface area contributed by atoms with E-state index in [1.807, 2.05) is 35.2 Å². The van der Waals surface area contributed by atoms with Crippen molar-refractivity contribution in [3.8, 4) is 5.75 Å². The lowest BCUT2D eigenvalue weighted by Crippen LogP contribution is -2.50. The first-order chi connectivity index (χ1) is 16.4. The van der Waals surface area contributed by atoms with Crippen molar-refractivity contribution >= 4 is 34.5 Å². The highest BCUT2D eigenvalue weighted by Gasteiger charge is 2.28. The highest BCUT2D eigenvalue weighted by atomic mass is 19.1. The summed E-state index contributed by atoms with van der Waals surface area (Å²) in [6.07, 6.45) is 1.56. The average Bonchev–Trinajstić information content (AvgIpc) is 3.67. The van der Waals surface area contributed by atoms with E-state index in [2.05, 4.69) is 10.1 Å². The standard InChI is InChI=1S/C24H23FN4O5/c25-18-12-17-19(29(16-6-7-16)14-21(22(17)30)34-24(32)33)13-20(18)27-8-10-28(11-9-27)23(31)26-15-4-2-1-3-5-15/h1-5,12-14,16H,6-11H2,(H,26,31)(H,32,33). The topological polar surface area (TPSA) is 104 Å². The summed E-state index contributed by atoms with van der Waals surface area (Å²) in [5.74, 6) is -0.918. The predicted molar refractivity (Wildman–Crippen MR) is 124 cm³/mol. The van der Waals surface area contributed by atoms with Gasteiger partial charge in [0.2, 0.25) is 5.43 Å². The maximum Gasteiger partial charge on any atom is 0.511 e. The Kier molecular flexibility index (Phi) is 5.56. The molecule has 2 heterocycles. The third-order valence-corrected chi connectivity index (χ3v) is 6.14. The van der Waals surface area contributed by atoms with Crippen molar-refractivity contribution in [1.82, 2.24) is 9.47 Å². The fraction of sp³-hybridized carbons (Fsp3) is 0.292. The van der Waals surface area contributed by atoms with E-state index in [1.165, 1.54) is 6.20 Å². The van der Waals surface area contributed by atoms with Crippen LogP contribution < -0.4 is 20.4 Å². The summed E-state index contributed by atoms with van der Waals surface area (Å²) in [6, 6.07) is 11.9. The van der Waals surface area contributed by atoms with Gasteiger partial charge >= 0.3 is 12.2 Å². The van der Waals surface area contributed by atoms with E-state index in [4.69, 9.17) is 5.11 Å². The molecule has 0 bridgehead atoms. The normalized spacial score (nSPS) is 15.9. The van der Waals surface area contributed by atoms with E-state index in [-0.39, 0.29) is 23.2 Å². The zero-order valence-corrected chi connectivity index (χ0v) is 18.2. The molecule has 1 aliphatic carbocycles. The molecule has 34 heavy (non-hydrogen) atoms. The van der Waals surface area contributed by atoms with Crippen LogP contribution in [0.25, 0.3) is 10.9 Å². The number of carboxylic acid groups (broad SMARTS) is 1. The number of aromatic nitrogens is 1. The van der Waals surface area contributed by atoms with Gasteiger partial charge in [0, 0.05) is 37.9 Å². The largest absolute Gasteiger partial charge is 0.511 e. The molecule has 3 aromatic rings. The van der Waals surface area contributed by atoms with Crippen LogP contribution in [-0.2, 0) is 0 Å². The number of piperazine rings is 1. The molecule has 5 rings (SSSR count). The lowest BCUT2D eigenvalue weighted by Gasteiger charge is -2.36. The number of carbonyl (C=O) groups is 2. The van der Waals surface area contributed by atoms with Gasteiger partial charge in [0.25, 0.3) is 0 Å². The molecule has 0 unspecified atom stereocenters. The summed E-state index contributed by atoms with van der Waals surface area (Å²) in [6.45, 7) is 1.69. The molecule has 9 nitrogen and oxygen atoms in total. The van der Waals surface area contributed by atoms with Crippen molar-refractivity contribution in [2.24, 2.45) is 0 Å². The number of ether oxygens (including phenoxy) is 1. The smallest absolute Gasteiger partial charge is 0.449 e. The maximum absolute atomic E-state index is 15.1. The molecular formula is C24H23FN4O5. The van der Waals surface area contributed by atoms with Crippen LogP contribution in [0.1, 0.15) is 18.9 Å². The summed E-state index contributed by atoms with van der Waals surface area (Å²) >= 11 is 0. The van der Waals surface area contributed by atoms with Crippen molar-refractivity contribution in [1.29, 1.82) is 0 Å². The van der Waals surface area contributed by atoms with Gasteiger partial charge in [-0.2, -0.15) is 0 Å². The molecule has 2 fully saturated rings. The Bertz CT molecular complexity index is 1310. The highest BCUT2D eigenvalue weighted by molar-refractivity contribution is 5.89. The number of carbonyl (C=O) groups excluding carboxylic acids is 1. The predicted octanol–water partition coefficient (Wildman–Crippen LogP) is 3.89. The van der Waals surface area contributed by atoms with Gasteiger partial charge in [-0.3, -0.25) is 4.79 Å². The van der Waals surface area contributed by atoms with Crippen LogP contribution in [0.4, 0.5) is 25.4 Å².